The summed E-state index contributed by atoms with van der Waals surface area (Å²) in [5.41, 5.74) is 1.50. The molecule has 100 valence electrons. The van der Waals surface area contributed by atoms with E-state index >= 15 is 0 Å². The summed E-state index contributed by atoms with van der Waals surface area (Å²) >= 11 is 1.61. The molecule has 0 saturated carbocycles. The maximum Gasteiger partial charge on any atom is 0.255 e. The van der Waals surface area contributed by atoms with Gasteiger partial charge in [-0.1, -0.05) is 12.1 Å². The normalized spacial score (nSPS) is 10.7. The molecule has 3 rings (SSSR count). The summed E-state index contributed by atoms with van der Waals surface area (Å²) in [4.78, 5) is 18.4. The molecule has 0 aliphatic heterocycles. The van der Waals surface area contributed by atoms with E-state index in [4.69, 9.17) is 0 Å². The maximum atomic E-state index is 12.2. The number of hydrogen-bond acceptors (Lipinski definition) is 5. The second-order valence-electron chi connectivity index (χ2n) is 4.37. The Bertz CT molecular complexity index is 708. The Morgan fingerprint density at radius 2 is 2.10 bits per heavy atom. The number of rotatable bonds is 3. The van der Waals surface area contributed by atoms with Crippen molar-refractivity contribution in [1.29, 1.82) is 0 Å². The summed E-state index contributed by atoms with van der Waals surface area (Å²) in [6.45, 7) is 0.487. The first-order valence-corrected chi connectivity index (χ1v) is 6.92. The fraction of sp³-hybridized carbons (Fsp3) is 0.143. The Hall–Kier alpha value is -2.34. The van der Waals surface area contributed by atoms with Crippen LogP contribution in [-0.4, -0.2) is 33.0 Å². The molecule has 2 heterocycles. The van der Waals surface area contributed by atoms with Crippen LogP contribution in [0.25, 0.3) is 10.2 Å². The first kappa shape index (κ1) is 12.7. The van der Waals surface area contributed by atoms with Crippen molar-refractivity contribution in [3.63, 3.8) is 0 Å². The quantitative estimate of drug-likeness (QED) is 0.741. The van der Waals surface area contributed by atoms with Gasteiger partial charge >= 0.3 is 0 Å². The summed E-state index contributed by atoms with van der Waals surface area (Å²) in [6.07, 6.45) is 2.98. The highest BCUT2D eigenvalue weighted by Crippen LogP contribution is 2.22. The molecule has 6 heteroatoms. The summed E-state index contributed by atoms with van der Waals surface area (Å²) in [7, 11) is 1.76. The molecule has 0 aliphatic rings. The molecular formula is C14H12N4OS. The number of carbonyl (C=O) groups is 1. The van der Waals surface area contributed by atoms with E-state index in [2.05, 4.69) is 15.2 Å². The average Bonchev–Trinajstić information content (AvgIpc) is 2.89. The number of para-hydroxylation sites is 1. The zero-order chi connectivity index (χ0) is 13.9. The highest BCUT2D eigenvalue weighted by molar-refractivity contribution is 7.18. The molecule has 0 aliphatic carbocycles. The summed E-state index contributed by atoms with van der Waals surface area (Å²) < 4.78 is 1.13. The SMILES string of the molecule is CN(Cc1nc2ccccc2s1)C(=O)c1ccnnc1. The van der Waals surface area contributed by atoms with E-state index in [-0.39, 0.29) is 5.91 Å². The van der Waals surface area contributed by atoms with Gasteiger partial charge in [0.25, 0.3) is 5.91 Å². The van der Waals surface area contributed by atoms with Gasteiger partial charge in [-0.05, 0) is 18.2 Å². The van der Waals surface area contributed by atoms with Crippen molar-refractivity contribution in [2.75, 3.05) is 7.05 Å². The van der Waals surface area contributed by atoms with Crippen molar-refractivity contribution in [2.45, 2.75) is 6.54 Å². The van der Waals surface area contributed by atoms with E-state index in [1.807, 2.05) is 24.3 Å². The van der Waals surface area contributed by atoms with Crippen LogP contribution in [0.1, 0.15) is 15.4 Å². The molecule has 20 heavy (non-hydrogen) atoms. The minimum Gasteiger partial charge on any atom is -0.335 e. The van der Waals surface area contributed by atoms with Gasteiger partial charge in [-0.3, -0.25) is 4.79 Å². The molecule has 5 nitrogen and oxygen atoms in total. The van der Waals surface area contributed by atoms with E-state index in [1.165, 1.54) is 12.4 Å². The highest BCUT2D eigenvalue weighted by atomic mass is 32.1. The number of thiazole rings is 1. The lowest BCUT2D eigenvalue weighted by molar-refractivity contribution is 0.0784. The van der Waals surface area contributed by atoms with Crippen LogP contribution in [0.4, 0.5) is 0 Å². The predicted molar refractivity (Wildman–Crippen MR) is 77.4 cm³/mol. The Balaban J connectivity index is 1.78. The summed E-state index contributed by atoms with van der Waals surface area (Å²) in [5.74, 6) is -0.0841. The molecule has 0 bridgehead atoms. The molecule has 0 atom stereocenters. The topological polar surface area (TPSA) is 59.0 Å². The van der Waals surface area contributed by atoms with Crippen molar-refractivity contribution >= 4 is 27.5 Å². The zero-order valence-electron chi connectivity index (χ0n) is 10.9. The fourth-order valence-corrected chi connectivity index (χ4v) is 2.92. The Morgan fingerprint density at radius 3 is 2.85 bits per heavy atom. The number of benzene rings is 1. The number of nitrogens with zero attached hydrogens (tertiary/aromatic N) is 4. The van der Waals surface area contributed by atoms with Gasteiger partial charge in [0.15, 0.2) is 0 Å². The lowest BCUT2D eigenvalue weighted by Gasteiger charge is -2.14. The molecule has 1 aromatic carbocycles. The average molecular weight is 284 g/mol. The first-order valence-electron chi connectivity index (χ1n) is 6.10. The first-order chi connectivity index (χ1) is 9.74. The van der Waals surface area contributed by atoms with Crippen molar-refractivity contribution in [3.05, 3.63) is 53.3 Å². The lowest BCUT2D eigenvalue weighted by Crippen LogP contribution is -2.26. The molecule has 0 radical (unpaired) electrons. The summed E-state index contributed by atoms with van der Waals surface area (Å²) in [6, 6.07) is 9.62. The number of amides is 1. The van der Waals surface area contributed by atoms with Crippen molar-refractivity contribution in [3.8, 4) is 0 Å². The van der Waals surface area contributed by atoms with Crippen LogP contribution in [0.2, 0.25) is 0 Å². The third-order valence-corrected chi connectivity index (χ3v) is 3.91. The number of hydrogen-bond donors (Lipinski definition) is 0. The van der Waals surface area contributed by atoms with Gasteiger partial charge in [0.1, 0.15) is 5.01 Å². The third-order valence-electron chi connectivity index (χ3n) is 2.89. The predicted octanol–water partition coefficient (Wildman–Crippen LogP) is 2.36. The molecule has 0 saturated heterocycles. The highest BCUT2D eigenvalue weighted by Gasteiger charge is 2.14. The van der Waals surface area contributed by atoms with Crippen molar-refractivity contribution < 1.29 is 4.79 Å². The van der Waals surface area contributed by atoms with Gasteiger partial charge < -0.3 is 4.90 Å². The molecule has 0 spiro atoms. The molecule has 0 unspecified atom stereocenters. The zero-order valence-corrected chi connectivity index (χ0v) is 11.7. The number of fused-ring (bicyclic) bond motifs is 1. The Morgan fingerprint density at radius 1 is 1.25 bits per heavy atom. The monoisotopic (exact) mass is 284 g/mol. The van der Waals surface area contributed by atoms with Crippen LogP contribution in [0.5, 0.6) is 0 Å². The van der Waals surface area contributed by atoms with Gasteiger partial charge in [-0.2, -0.15) is 10.2 Å². The number of carbonyl (C=O) groups excluding carboxylic acids is 1. The van der Waals surface area contributed by atoms with E-state index in [0.29, 0.717) is 12.1 Å². The van der Waals surface area contributed by atoms with Crippen LogP contribution in [0.15, 0.2) is 42.7 Å². The van der Waals surface area contributed by atoms with Crippen LogP contribution in [0.3, 0.4) is 0 Å². The molecule has 2 aromatic heterocycles. The molecular weight excluding hydrogens is 272 g/mol. The maximum absolute atomic E-state index is 12.2. The Labute approximate surface area is 119 Å². The van der Waals surface area contributed by atoms with Crippen LogP contribution in [-0.2, 0) is 6.54 Å². The summed E-state index contributed by atoms with van der Waals surface area (Å²) in [5, 5.41) is 8.31. The molecule has 0 N–H and O–H groups in total. The minimum atomic E-state index is -0.0841. The van der Waals surface area contributed by atoms with Crippen molar-refractivity contribution in [2.24, 2.45) is 0 Å². The fourth-order valence-electron chi connectivity index (χ4n) is 1.90. The third kappa shape index (κ3) is 2.50. The Kier molecular flexibility index (Phi) is 3.39. The largest absolute Gasteiger partial charge is 0.335 e. The van der Waals surface area contributed by atoms with E-state index in [0.717, 1.165) is 15.2 Å². The lowest BCUT2D eigenvalue weighted by atomic mass is 10.3. The molecule has 0 fully saturated rings. The van der Waals surface area contributed by atoms with Crippen molar-refractivity contribution in [1.82, 2.24) is 20.1 Å². The van der Waals surface area contributed by atoms with Crippen LogP contribution >= 0.6 is 11.3 Å². The molecule has 3 aromatic rings. The van der Waals surface area contributed by atoms with Gasteiger partial charge in [-0.25, -0.2) is 4.98 Å². The second-order valence-corrected chi connectivity index (χ2v) is 5.48. The second kappa shape index (κ2) is 5.34. The van der Waals surface area contributed by atoms with Gasteiger partial charge in [0.2, 0.25) is 0 Å². The van der Waals surface area contributed by atoms with Gasteiger partial charge in [0.05, 0.1) is 34.7 Å². The molecule has 1 amide bonds. The standard InChI is InChI=1S/C14H12N4OS/c1-18(14(19)10-6-7-15-16-8-10)9-13-17-11-4-2-3-5-12(11)20-13/h2-8H,9H2,1H3. The number of aromatic nitrogens is 3. The smallest absolute Gasteiger partial charge is 0.255 e. The van der Waals surface area contributed by atoms with E-state index in [1.54, 1.807) is 29.4 Å². The minimum absolute atomic E-state index is 0.0841. The van der Waals surface area contributed by atoms with E-state index < -0.39 is 0 Å². The van der Waals surface area contributed by atoms with Gasteiger partial charge in [0, 0.05) is 7.05 Å². The van der Waals surface area contributed by atoms with Crippen LogP contribution in [0, 0.1) is 0 Å². The van der Waals surface area contributed by atoms with Crippen LogP contribution < -0.4 is 0 Å². The van der Waals surface area contributed by atoms with Gasteiger partial charge in [-0.15, -0.1) is 11.3 Å². The van der Waals surface area contributed by atoms with E-state index in [9.17, 15) is 4.79 Å².